The normalized spacial score (nSPS) is 25.7. The molecule has 13 heavy (non-hydrogen) atoms. The van der Waals surface area contributed by atoms with E-state index in [1.807, 2.05) is 0 Å². The highest BCUT2D eigenvalue weighted by atomic mass is 19.1. The van der Waals surface area contributed by atoms with Crippen LogP contribution in [0, 0.1) is 16.7 Å². The van der Waals surface area contributed by atoms with E-state index in [9.17, 15) is 9.18 Å². The summed E-state index contributed by atoms with van der Waals surface area (Å²) in [6.45, 7) is 0.366. The van der Waals surface area contributed by atoms with Gasteiger partial charge in [0, 0.05) is 0 Å². The van der Waals surface area contributed by atoms with Gasteiger partial charge in [-0.15, -0.1) is 0 Å². The SMILES string of the molecule is N#CC1(C(=O)N2CC(F)C2)CCC1. The summed E-state index contributed by atoms with van der Waals surface area (Å²) >= 11 is 0. The Morgan fingerprint density at radius 1 is 1.54 bits per heavy atom. The van der Waals surface area contributed by atoms with E-state index in [0.29, 0.717) is 12.8 Å². The molecule has 2 fully saturated rings. The molecule has 0 aromatic rings. The summed E-state index contributed by atoms with van der Waals surface area (Å²) in [6.07, 6.45) is 1.36. The number of carbonyl (C=O) groups is 1. The fraction of sp³-hybridized carbons (Fsp3) is 0.778. The lowest BCUT2D eigenvalue weighted by atomic mass is 9.68. The molecule has 0 atom stereocenters. The minimum Gasteiger partial charge on any atom is -0.335 e. The zero-order valence-electron chi connectivity index (χ0n) is 7.29. The third-order valence-electron chi connectivity index (χ3n) is 2.95. The van der Waals surface area contributed by atoms with Crippen molar-refractivity contribution in [2.24, 2.45) is 5.41 Å². The Hall–Kier alpha value is -1.11. The number of hydrogen-bond donors (Lipinski definition) is 0. The summed E-state index contributed by atoms with van der Waals surface area (Å²) in [7, 11) is 0. The van der Waals surface area contributed by atoms with Gasteiger partial charge in [-0.3, -0.25) is 4.79 Å². The summed E-state index contributed by atoms with van der Waals surface area (Å²) in [4.78, 5) is 13.1. The maximum atomic E-state index is 12.5. The second-order valence-electron chi connectivity index (χ2n) is 3.85. The average Bonchev–Trinajstić information content (AvgIpc) is 1.97. The van der Waals surface area contributed by atoms with Crippen LogP contribution < -0.4 is 0 Å². The number of halogens is 1. The molecule has 1 aliphatic carbocycles. The maximum Gasteiger partial charge on any atom is 0.243 e. The topological polar surface area (TPSA) is 44.1 Å². The molecular weight excluding hydrogens is 171 g/mol. The van der Waals surface area contributed by atoms with Crippen molar-refractivity contribution >= 4 is 5.91 Å². The molecular formula is C9H11FN2O. The third-order valence-corrected chi connectivity index (χ3v) is 2.95. The quantitative estimate of drug-likeness (QED) is 0.603. The molecule has 0 N–H and O–H groups in total. The van der Waals surface area contributed by atoms with Crippen LogP contribution in [0.5, 0.6) is 0 Å². The van der Waals surface area contributed by atoms with Crippen molar-refractivity contribution in [2.75, 3.05) is 13.1 Å². The highest BCUT2D eigenvalue weighted by Gasteiger charge is 2.49. The van der Waals surface area contributed by atoms with Crippen molar-refractivity contribution in [1.82, 2.24) is 4.90 Å². The predicted molar refractivity (Wildman–Crippen MR) is 43.4 cm³/mol. The van der Waals surface area contributed by atoms with Gasteiger partial charge in [-0.25, -0.2) is 4.39 Å². The van der Waals surface area contributed by atoms with Gasteiger partial charge in [-0.05, 0) is 19.3 Å². The van der Waals surface area contributed by atoms with Crippen molar-refractivity contribution in [3.63, 3.8) is 0 Å². The van der Waals surface area contributed by atoms with E-state index in [1.54, 1.807) is 0 Å². The van der Waals surface area contributed by atoms with Gasteiger partial charge in [0.25, 0.3) is 0 Å². The molecule has 0 bridgehead atoms. The number of carbonyl (C=O) groups excluding carboxylic acids is 1. The predicted octanol–water partition coefficient (Wildman–Crippen LogP) is 0.861. The summed E-state index contributed by atoms with van der Waals surface area (Å²) < 4.78 is 12.5. The summed E-state index contributed by atoms with van der Waals surface area (Å²) in [5.41, 5.74) is -0.792. The average molecular weight is 182 g/mol. The lowest BCUT2D eigenvalue weighted by Crippen LogP contribution is -2.57. The largest absolute Gasteiger partial charge is 0.335 e. The summed E-state index contributed by atoms with van der Waals surface area (Å²) in [5.74, 6) is -0.157. The Labute approximate surface area is 76.1 Å². The van der Waals surface area contributed by atoms with E-state index in [4.69, 9.17) is 5.26 Å². The zero-order valence-corrected chi connectivity index (χ0v) is 7.29. The molecule has 70 valence electrons. The van der Waals surface area contributed by atoms with Gasteiger partial charge in [0.15, 0.2) is 0 Å². The van der Waals surface area contributed by atoms with E-state index in [-0.39, 0.29) is 19.0 Å². The van der Waals surface area contributed by atoms with Crippen molar-refractivity contribution in [3.8, 4) is 6.07 Å². The number of nitrogens with zero attached hydrogens (tertiary/aromatic N) is 2. The minimum absolute atomic E-state index is 0.157. The molecule has 2 rings (SSSR count). The van der Waals surface area contributed by atoms with Crippen molar-refractivity contribution in [1.29, 1.82) is 5.26 Å². The van der Waals surface area contributed by atoms with Gasteiger partial charge in [-0.2, -0.15) is 5.26 Å². The Morgan fingerprint density at radius 3 is 2.46 bits per heavy atom. The molecule has 0 unspecified atom stereocenters. The lowest BCUT2D eigenvalue weighted by molar-refractivity contribution is -0.150. The maximum absolute atomic E-state index is 12.5. The second-order valence-corrected chi connectivity index (χ2v) is 3.85. The Balaban J connectivity index is 2.01. The molecule has 1 aliphatic heterocycles. The highest BCUT2D eigenvalue weighted by molar-refractivity contribution is 5.87. The van der Waals surface area contributed by atoms with Crippen molar-refractivity contribution in [2.45, 2.75) is 25.4 Å². The van der Waals surface area contributed by atoms with Gasteiger partial charge < -0.3 is 4.90 Å². The number of hydrogen-bond acceptors (Lipinski definition) is 2. The van der Waals surface area contributed by atoms with Crippen molar-refractivity contribution < 1.29 is 9.18 Å². The second kappa shape index (κ2) is 2.69. The molecule has 1 saturated heterocycles. The smallest absolute Gasteiger partial charge is 0.243 e. The van der Waals surface area contributed by atoms with Crippen LogP contribution in [0.2, 0.25) is 0 Å². The van der Waals surface area contributed by atoms with Crippen LogP contribution in [-0.2, 0) is 4.79 Å². The standard InChI is InChI=1S/C9H11FN2O/c10-7-4-12(5-7)8(13)9(6-11)2-1-3-9/h7H,1-5H2. The van der Waals surface area contributed by atoms with E-state index in [0.717, 1.165) is 6.42 Å². The van der Waals surface area contributed by atoms with Gasteiger partial charge in [0.2, 0.25) is 5.91 Å². The molecule has 0 radical (unpaired) electrons. The number of likely N-dealkylation sites (tertiary alicyclic amines) is 1. The van der Waals surface area contributed by atoms with E-state index in [1.165, 1.54) is 4.90 Å². The van der Waals surface area contributed by atoms with Crippen LogP contribution in [0.25, 0.3) is 0 Å². The van der Waals surface area contributed by atoms with Crippen LogP contribution in [0.3, 0.4) is 0 Å². The van der Waals surface area contributed by atoms with Gasteiger partial charge in [-0.1, -0.05) is 0 Å². The molecule has 0 aromatic carbocycles. The molecule has 1 heterocycles. The summed E-state index contributed by atoms with van der Waals surface area (Å²) in [5, 5.41) is 8.85. The van der Waals surface area contributed by atoms with Crippen LogP contribution in [0.4, 0.5) is 4.39 Å². The zero-order chi connectivity index (χ0) is 9.47. The third kappa shape index (κ3) is 1.11. The van der Waals surface area contributed by atoms with Gasteiger partial charge >= 0.3 is 0 Å². The minimum atomic E-state index is -0.875. The lowest BCUT2D eigenvalue weighted by Gasteiger charge is -2.43. The van der Waals surface area contributed by atoms with Crippen LogP contribution in [0.1, 0.15) is 19.3 Å². The molecule has 0 spiro atoms. The fourth-order valence-electron chi connectivity index (χ4n) is 1.80. The fourth-order valence-corrected chi connectivity index (χ4v) is 1.80. The van der Waals surface area contributed by atoms with E-state index < -0.39 is 11.6 Å². The Kier molecular flexibility index (Phi) is 1.76. The first-order chi connectivity index (χ1) is 6.18. The first-order valence-corrected chi connectivity index (χ1v) is 4.53. The number of rotatable bonds is 1. The number of amides is 1. The summed E-state index contributed by atoms with van der Waals surface area (Å²) in [6, 6.07) is 2.06. The van der Waals surface area contributed by atoms with Crippen LogP contribution in [0.15, 0.2) is 0 Å². The molecule has 1 amide bonds. The number of alkyl halides is 1. The van der Waals surface area contributed by atoms with Gasteiger partial charge in [0.1, 0.15) is 11.6 Å². The first-order valence-electron chi connectivity index (χ1n) is 4.53. The van der Waals surface area contributed by atoms with E-state index >= 15 is 0 Å². The van der Waals surface area contributed by atoms with Gasteiger partial charge in [0.05, 0.1) is 19.2 Å². The molecule has 4 heteroatoms. The molecule has 0 aromatic heterocycles. The van der Waals surface area contributed by atoms with E-state index in [2.05, 4.69) is 6.07 Å². The number of nitriles is 1. The Bertz CT molecular complexity index is 274. The highest BCUT2D eigenvalue weighted by Crippen LogP contribution is 2.42. The molecule has 2 aliphatic rings. The first kappa shape index (κ1) is 8.49. The Morgan fingerprint density at radius 2 is 2.15 bits per heavy atom. The van der Waals surface area contributed by atoms with Crippen LogP contribution in [-0.4, -0.2) is 30.1 Å². The molecule has 3 nitrogen and oxygen atoms in total. The monoisotopic (exact) mass is 182 g/mol. The van der Waals surface area contributed by atoms with Crippen molar-refractivity contribution in [3.05, 3.63) is 0 Å². The van der Waals surface area contributed by atoms with Crippen LogP contribution >= 0.6 is 0 Å². The molecule has 1 saturated carbocycles.